The summed E-state index contributed by atoms with van der Waals surface area (Å²) < 4.78 is 6.42. The summed E-state index contributed by atoms with van der Waals surface area (Å²) in [4.78, 5) is 17.1. The standard InChI is InChI=1S/C23H21N3O3/c1-16-20(14-24)22(27)26(12-11-17-7-4-3-5-8-17)23(28)21(16)15-25-18-9-6-10-19(13-18)29-2/h3-10,13,15,28H,11-12H2,1-2H3. The zero-order valence-corrected chi connectivity index (χ0v) is 16.3. The number of nitriles is 1. The van der Waals surface area contributed by atoms with Gasteiger partial charge in [0.05, 0.1) is 18.4 Å². The zero-order valence-electron chi connectivity index (χ0n) is 16.3. The van der Waals surface area contributed by atoms with E-state index in [2.05, 4.69) is 4.99 Å². The van der Waals surface area contributed by atoms with Crippen LogP contribution in [0.1, 0.15) is 22.3 Å². The van der Waals surface area contributed by atoms with Gasteiger partial charge in [-0.15, -0.1) is 0 Å². The molecule has 0 aliphatic carbocycles. The van der Waals surface area contributed by atoms with Gasteiger partial charge in [-0.2, -0.15) is 5.26 Å². The fourth-order valence-electron chi connectivity index (χ4n) is 3.05. The second kappa shape index (κ2) is 8.89. The van der Waals surface area contributed by atoms with Crippen molar-refractivity contribution < 1.29 is 9.84 Å². The number of rotatable bonds is 6. The molecule has 1 aromatic heterocycles. The van der Waals surface area contributed by atoms with Gasteiger partial charge in [0.1, 0.15) is 17.4 Å². The van der Waals surface area contributed by atoms with Gasteiger partial charge in [-0.05, 0) is 36.6 Å². The molecule has 6 heteroatoms. The fraction of sp³-hybridized carbons (Fsp3) is 0.174. The van der Waals surface area contributed by atoms with Crippen LogP contribution in [0.2, 0.25) is 0 Å². The summed E-state index contributed by atoms with van der Waals surface area (Å²) in [6.45, 7) is 1.89. The summed E-state index contributed by atoms with van der Waals surface area (Å²) in [7, 11) is 1.57. The maximum atomic E-state index is 12.7. The third kappa shape index (κ3) is 4.36. The lowest BCUT2D eigenvalue weighted by atomic mass is 10.1. The van der Waals surface area contributed by atoms with Crippen LogP contribution in [0.5, 0.6) is 11.6 Å². The van der Waals surface area contributed by atoms with E-state index in [9.17, 15) is 15.2 Å². The van der Waals surface area contributed by atoms with Gasteiger partial charge in [-0.1, -0.05) is 36.4 Å². The van der Waals surface area contributed by atoms with E-state index < -0.39 is 5.56 Å². The van der Waals surface area contributed by atoms with E-state index >= 15 is 0 Å². The highest BCUT2D eigenvalue weighted by Gasteiger charge is 2.18. The van der Waals surface area contributed by atoms with Gasteiger partial charge in [-0.3, -0.25) is 14.4 Å². The SMILES string of the molecule is COc1cccc(N=Cc2c(C)c(C#N)c(=O)n(CCc3ccccc3)c2O)c1. The molecule has 0 unspecified atom stereocenters. The van der Waals surface area contributed by atoms with Gasteiger partial charge in [0.15, 0.2) is 0 Å². The number of hydrogen-bond donors (Lipinski definition) is 1. The molecule has 0 saturated heterocycles. The van der Waals surface area contributed by atoms with E-state index in [4.69, 9.17) is 4.74 Å². The lowest BCUT2D eigenvalue weighted by Gasteiger charge is -2.14. The lowest BCUT2D eigenvalue weighted by molar-refractivity contribution is 0.404. The number of benzene rings is 2. The van der Waals surface area contributed by atoms with Gasteiger partial charge >= 0.3 is 0 Å². The van der Waals surface area contributed by atoms with Crippen molar-refractivity contribution in [1.82, 2.24) is 4.57 Å². The van der Waals surface area contributed by atoms with Gasteiger partial charge in [0.25, 0.3) is 5.56 Å². The van der Waals surface area contributed by atoms with Crippen LogP contribution in [0.25, 0.3) is 0 Å². The van der Waals surface area contributed by atoms with E-state index in [0.717, 1.165) is 5.56 Å². The monoisotopic (exact) mass is 387 g/mol. The number of hydrogen-bond acceptors (Lipinski definition) is 5. The molecule has 6 nitrogen and oxygen atoms in total. The second-order valence-electron chi connectivity index (χ2n) is 6.50. The number of aryl methyl sites for hydroxylation is 1. The van der Waals surface area contributed by atoms with Gasteiger partial charge in [-0.25, -0.2) is 0 Å². The number of aliphatic imine (C=N–C) groups is 1. The van der Waals surface area contributed by atoms with Crippen molar-refractivity contribution in [3.8, 4) is 17.7 Å². The molecule has 0 atom stereocenters. The fourth-order valence-corrected chi connectivity index (χ4v) is 3.05. The minimum absolute atomic E-state index is 0.00274. The molecule has 0 radical (unpaired) electrons. The van der Waals surface area contributed by atoms with Crippen molar-refractivity contribution in [2.24, 2.45) is 4.99 Å². The highest BCUT2D eigenvalue weighted by Crippen LogP contribution is 2.23. The van der Waals surface area contributed by atoms with Crippen LogP contribution < -0.4 is 10.3 Å². The zero-order chi connectivity index (χ0) is 20.8. The average molecular weight is 387 g/mol. The first-order valence-electron chi connectivity index (χ1n) is 9.13. The van der Waals surface area contributed by atoms with Crippen LogP contribution in [0.4, 0.5) is 5.69 Å². The average Bonchev–Trinajstić information content (AvgIpc) is 2.74. The molecule has 29 heavy (non-hydrogen) atoms. The van der Waals surface area contributed by atoms with E-state index in [1.807, 2.05) is 36.4 Å². The van der Waals surface area contributed by atoms with Crippen LogP contribution >= 0.6 is 0 Å². The third-order valence-electron chi connectivity index (χ3n) is 4.71. The summed E-state index contributed by atoms with van der Waals surface area (Å²) in [5.74, 6) is 0.459. The molecule has 1 N–H and O–H groups in total. The van der Waals surface area contributed by atoms with Gasteiger partial charge < -0.3 is 9.84 Å². The van der Waals surface area contributed by atoms with Crippen molar-refractivity contribution in [3.05, 3.63) is 87.2 Å². The Labute approximate surface area is 169 Å². The Morgan fingerprint density at radius 2 is 1.97 bits per heavy atom. The summed E-state index contributed by atoms with van der Waals surface area (Å²) in [5.41, 5.74) is 1.91. The minimum atomic E-state index is -0.503. The predicted octanol–water partition coefficient (Wildman–Crippen LogP) is 3.74. The van der Waals surface area contributed by atoms with Crippen molar-refractivity contribution >= 4 is 11.9 Å². The van der Waals surface area contributed by atoms with Crippen LogP contribution in [-0.4, -0.2) is 23.0 Å². The van der Waals surface area contributed by atoms with Gasteiger partial charge in [0, 0.05) is 18.8 Å². The Bertz CT molecular complexity index is 1140. The minimum Gasteiger partial charge on any atom is -0.497 e. The Kier molecular flexibility index (Phi) is 6.10. The normalized spacial score (nSPS) is 10.8. The summed E-state index contributed by atoms with van der Waals surface area (Å²) >= 11 is 0. The Hall–Kier alpha value is -3.85. The third-order valence-corrected chi connectivity index (χ3v) is 4.71. The quantitative estimate of drug-likeness (QED) is 0.653. The molecular weight excluding hydrogens is 366 g/mol. The van der Waals surface area contributed by atoms with Crippen molar-refractivity contribution in [1.29, 1.82) is 5.26 Å². The molecule has 146 valence electrons. The topological polar surface area (TPSA) is 87.6 Å². The number of aromatic hydroxyl groups is 1. The van der Waals surface area contributed by atoms with E-state index in [1.165, 1.54) is 10.8 Å². The molecule has 0 aliphatic heterocycles. The molecule has 3 aromatic rings. The van der Waals surface area contributed by atoms with E-state index in [0.29, 0.717) is 29.0 Å². The highest BCUT2D eigenvalue weighted by atomic mass is 16.5. The predicted molar refractivity (Wildman–Crippen MR) is 112 cm³/mol. The van der Waals surface area contributed by atoms with Crippen LogP contribution in [0.15, 0.2) is 64.4 Å². The van der Waals surface area contributed by atoms with Gasteiger partial charge in [0.2, 0.25) is 5.88 Å². The Balaban J connectivity index is 2.01. The number of methoxy groups -OCH3 is 1. The first-order valence-corrected chi connectivity index (χ1v) is 9.13. The molecule has 0 bridgehead atoms. The largest absolute Gasteiger partial charge is 0.497 e. The smallest absolute Gasteiger partial charge is 0.271 e. The van der Waals surface area contributed by atoms with E-state index in [1.54, 1.807) is 38.3 Å². The molecule has 0 fully saturated rings. The number of ether oxygens (including phenoxy) is 1. The first-order chi connectivity index (χ1) is 14.0. The number of nitrogens with zero attached hydrogens (tertiary/aromatic N) is 3. The highest BCUT2D eigenvalue weighted by molar-refractivity contribution is 5.87. The Morgan fingerprint density at radius 1 is 1.21 bits per heavy atom. The molecular formula is C23H21N3O3. The van der Waals surface area contributed by atoms with Crippen LogP contribution in [0.3, 0.4) is 0 Å². The Morgan fingerprint density at radius 3 is 2.66 bits per heavy atom. The summed E-state index contributed by atoms with van der Waals surface area (Å²) in [6, 6.07) is 18.8. The van der Waals surface area contributed by atoms with Crippen molar-refractivity contribution in [3.63, 3.8) is 0 Å². The molecule has 0 aliphatic rings. The molecule has 0 spiro atoms. The van der Waals surface area contributed by atoms with Crippen LogP contribution in [-0.2, 0) is 13.0 Å². The first kappa shape index (κ1) is 19.9. The summed E-state index contributed by atoms with van der Waals surface area (Å²) in [5, 5.41) is 20.2. The van der Waals surface area contributed by atoms with Crippen molar-refractivity contribution in [2.75, 3.05) is 7.11 Å². The number of aromatic nitrogens is 1. The number of pyridine rings is 1. The van der Waals surface area contributed by atoms with Crippen LogP contribution in [0, 0.1) is 18.3 Å². The van der Waals surface area contributed by atoms with Crippen molar-refractivity contribution in [2.45, 2.75) is 19.9 Å². The maximum absolute atomic E-state index is 12.7. The molecule has 2 aromatic carbocycles. The molecule has 0 amide bonds. The molecule has 3 rings (SSSR count). The van der Waals surface area contributed by atoms with E-state index in [-0.39, 0.29) is 18.0 Å². The molecule has 0 saturated carbocycles. The molecule has 1 heterocycles. The maximum Gasteiger partial charge on any atom is 0.271 e. The second-order valence-corrected chi connectivity index (χ2v) is 6.50. The summed E-state index contributed by atoms with van der Waals surface area (Å²) in [6.07, 6.45) is 2.02. The lowest BCUT2D eigenvalue weighted by Crippen LogP contribution is -2.26.